The second kappa shape index (κ2) is 9.22. The second-order valence-electron chi connectivity index (χ2n) is 7.97. The fourth-order valence-electron chi connectivity index (χ4n) is 4.52. The Kier molecular flexibility index (Phi) is 6.70. The summed E-state index contributed by atoms with van der Waals surface area (Å²) in [7, 11) is 0. The number of aliphatic carboxylic acids is 1. The topological polar surface area (TPSA) is 77.9 Å². The fraction of sp³-hybridized carbons (Fsp3) is 0.591. The van der Waals surface area contributed by atoms with Crippen LogP contribution in [0.5, 0.6) is 0 Å². The van der Waals surface area contributed by atoms with Crippen molar-refractivity contribution in [3.8, 4) is 0 Å². The number of carboxylic acids is 1. The Morgan fingerprint density at radius 2 is 1.68 bits per heavy atom. The summed E-state index contributed by atoms with van der Waals surface area (Å²) < 4.78 is 0. The number of piperidine rings is 1. The molecule has 1 heterocycles. The van der Waals surface area contributed by atoms with Crippen LogP contribution in [0, 0.1) is 11.8 Å². The molecule has 2 fully saturated rings. The molecule has 1 aliphatic heterocycles. The van der Waals surface area contributed by atoms with Crippen molar-refractivity contribution in [1.29, 1.82) is 0 Å². The van der Waals surface area contributed by atoms with E-state index in [0.717, 1.165) is 19.3 Å². The van der Waals surface area contributed by atoms with Crippen molar-refractivity contribution in [2.45, 2.75) is 51.5 Å². The molecule has 6 nitrogen and oxygen atoms in total. The van der Waals surface area contributed by atoms with Crippen molar-refractivity contribution in [3.63, 3.8) is 0 Å². The molecular weight excluding hydrogens is 356 g/mol. The monoisotopic (exact) mass is 386 g/mol. The smallest absolute Gasteiger partial charge is 0.306 e. The van der Waals surface area contributed by atoms with Gasteiger partial charge in [0.15, 0.2) is 0 Å². The van der Waals surface area contributed by atoms with Gasteiger partial charge in [0.05, 0.1) is 5.92 Å². The quantitative estimate of drug-likeness (QED) is 0.815. The molecule has 1 aliphatic carbocycles. The third-order valence-corrected chi connectivity index (χ3v) is 6.09. The predicted octanol–water partition coefficient (Wildman–Crippen LogP) is 3.03. The van der Waals surface area contributed by atoms with Gasteiger partial charge in [0, 0.05) is 37.2 Å². The lowest BCUT2D eigenvalue weighted by atomic mass is 9.98. The van der Waals surface area contributed by atoms with Crippen LogP contribution in [0.1, 0.15) is 55.8 Å². The summed E-state index contributed by atoms with van der Waals surface area (Å²) in [5, 5.41) is 9.22. The highest BCUT2D eigenvalue weighted by Gasteiger charge is 2.38. The number of hydrogen-bond acceptors (Lipinski definition) is 3. The molecule has 28 heavy (non-hydrogen) atoms. The predicted molar refractivity (Wildman–Crippen MR) is 106 cm³/mol. The zero-order valence-corrected chi connectivity index (χ0v) is 16.5. The van der Waals surface area contributed by atoms with Gasteiger partial charge < -0.3 is 14.9 Å². The van der Waals surface area contributed by atoms with Gasteiger partial charge in [-0.3, -0.25) is 14.4 Å². The molecule has 0 aromatic heterocycles. The molecule has 6 heteroatoms. The van der Waals surface area contributed by atoms with Gasteiger partial charge in [-0.25, -0.2) is 0 Å². The first-order valence-corrected chi connectivity index (χ1v) is 10.4. The lowest BCUT2D eigenvalue weighted by Gasteiger charge is -2.39. The molecule has 2 amide bonds. The molecule has 1 N–H and O–H groups in total. The zero-order valence-electron chi connectivity index (χ0n) is 16.5. The molecular formula is C22H30N2O4. The molecule has 0 spiro atoms. The Bertz CT molecular complexity index is 698. The summed E-state index contributed by atoms with van der Waals surface area (Å²) in [5.74, 6) is -1.18. The maximum absolute atomic E-state index is 13.1. The number of carbonyl (C=O) groups is 3. The second-order valence-corrected chi connectivity index (χ2v) is 7.97. The number of nitrogens with zero attached hydrogens (tertiary/aromatic N) is 2. The fourth-order valence-corrected chi connectivity index (χ4v) is 4.52. The van der Waals surface area contributed by atoms with Crippen LogP contribution < -0.4 is 0 Å². The van der Waals surface area contributed by atoms with E-state index >= 15 is 0 Å². The van der Waals surface area contributed by atoms with Crippen molar-refractivity contribution < 1.29 is 19.5 Å². The van der Waals surface area contributed by atoms with Crippen LogP contribution in [0.15, 0.2) is 30.3 Å². The molecule has 0 bridgehead atoms. The molecule has 152 valence electrons. The van der Waals surface area contributed by atoms with E-state index in [9.17, 15) is 19.5 Å². The van der Waals surface area contributed by atoms with E-state index in [-0.39, 0.29) is 29.7 Å². The van der Waals surface area contributed by atoms with Gasteiger partial charge in [0.1, 0.15) is 0 Å². The van der Waals surface area contributed by atoms with Crippen molar-refractivity contribution in [3.05, 3.63) is 35.9 Å². The van der Waals surface area contributed by atoms with E-state index in [1.54, 1.807) is 0 Å². The third kappa shape index (κ3) is 4.54. The number of likely N-dealkylation sites (tertiary alicyclic amines) is 1. The molecule has 1 aromatic rings. The maximum atomic E-state index is 13.1. The Hall–Kier alpha value is -2.37. The van der Waals surface area contributed by atoms with Gasteiger partial charge in [0.25, 0.3) is 5.91 Å². The minimum Gasteiger partial charge on any atom is -0.481 e. The Labute approximate surface area is 166 Å². The van der Waals surface area contributed by atoms with Crippen molar-refractivity contribution in [1.82, 2.24) is 9.80 Å². The van der Waals surface area contributed by atoms with Crippen LogP contribution >= 0.6 is 0 Å². The molecule has 2 aliphatic rings. The molecule has 2 atom stereocenters. The van der Waals surface area contributed by atoms with E-state index in [1.807, 2.05) is 40.1 Å². The van der Waals surface area contributed by atoms with Crippen LogP contribution in [-0.2, 0) is 9.59 Å². The highest BCUT2D eigenvalue weighted by molar-refractivity contribution is 5.94. The number of carbonyl (C=O) groups excluding carboxylic acids is 2. The first-order chi connectivity index (χ1) is 13.5. The number of carboxylic acid groups (broad SMARTS) is 1. The van der Waals surface area contributed by atoms with Crippen molar-refractivity contribution >= 4 is 17.8 Å². The number of hydrogen-bond donors (Lipinski definition) is 1. The molecule has 1 saturated carbocycles. The zero-order chi connectivity index (χ0) is 20.1. The van der Waals surface area contributed by atoms with E-state index < -0.39 is 5.97 Å². The van der Waals surface area contributed by atoms with Crippen LogP contribution in [0.2, 0.25) is 0 Å². The van der Waals surface area contributed by atoms with Crippen LogP contribution in [0.25, 0.3) is 0 Å². The SMILES string of the molecule is CCCN(C(=O)[C@@H]1CC[C@H](C(=O)O)C1)C1CCN(C(=O)c2ccccc2)CC1. The summed E-state index contributed by atoms with van der Waals surface area (Å²) >= 11 is 0. The lowest BCUT2D eigenvalue weighted by molar-refractivity contribution is -0.142. The van der Waals surface area contributed by atoms with Gasteiger partial charge in [-0.1, -0.05) is 25.1 Å². The van der Waals surface area contributed by atoms with Gasteiger partial charge in [-0.15, -0.1) is 0 Å². The standard InChI is InChI=1S/C22H30N2O4/c1-2-12-24(21(26)17-8-9-18(15-17)22(27)28)19-10-13-23(14-11-19)20(25)16-6-4-3-5-7-16/h3-7,17-19H,2,8-15H2,1H3,(H,27,28)/t17-,18+/m1/s1. The Balaban J connectivity index is 1.59. The van der Waals surface area contributed by atoms with Crippen LogP contribution in [0.3, 0.4) is 0 Å². The van der Waals surface area contributed by atoms with E-state index in [1.165, 1.54) is 0 Å². The average molecular weight is 386 g/mol. The maximum Gasteiger partial charge on any atom is 0.306 e. The van der Waals surface area contributed by atoms with Crippen LogP contribution in [-0.4, -0.2) is 58.4 Å². The molecule has 0 radical (unpaired) electrons. The van der Waals surface area contributed by atoms with E-state index in [4.69, 9.17) is 0 Å². The van der Waals surface area contributed by atoms with E-state index in [0.29, 0.717) is 44.5 Å². The first-order valence-electron chi connectivity index (χ1n) is 10.4. The molecule has 1 aromatic carbocycles. The lowest BCUT2D eigenvalue weighted by Crippen LogP contribution is -2.50. The largest absolute Gasteiger partial charge is 0.481 e. The summed E-state index contributed by atoms with van der Waals surface area (Å²) in [6.45, 7) is 4.05. The van der Waals surface area contributed by atoms with Crippen molar-refractivity contribution in [2.24, 2.45) is 11.8 Å². The first kappa shape index (κ1) is 20.4. The highest BCUT2D eigenvalue weighted by Crippen LogP contribution is 2.33. The molecule has 0 unspecified atom stereocenters. The number of rotatable bonds is 6. The molecule has 1 saturated heterocycles. The minimum absolute atomic E-state index is 0.0486. The Morgan fingerprint density at radius 3 is 2.25 bits per heavy atom. The van der Waals surface area contributed by atoms with E-state index in [2.05, 4.69) is 6.92 Å². The summed E-state index contributed by atoms with van der Waals surface area (Å²) in [4.78, 5) is 40.8. The minimum atomic E-state index is -0.787. The van der Waals surface area contributed by atoms with Gasteiger partial charge in [-0.2, -0.15) is 0 Å². The third-order valence-electron chi connectivity index (χ3n) is 6.09. The van der Waals surface area contributed by atoms with Gasteiger partial charge in [-0.05, 0) is 50.7 Å². The summed E-state index contributed by atoms with van der Waals surface area (Å²) in [6, 6.07) is 9.44. The summed E-state index contributed by atoms with van der Waals surface area (Å²) in [6.07, 6.45) is 4.15. The Morgan fingerprint density at radius 1 is 1.04 bits per heavy atom. The number of benzene rings is 1. The summed E-state index contributed by atoms with van der Waals surface area (Å²) in [5.41, 5.74) is 0.702. The van der Waals surface area contributed by atoms with Crippen molar-refractivity contribution in [2.75, 3.05) is 19.6 Å². The van der Waals surface area contributed by atoms with Gasteiger partial charge in [0.2, 0.25) is 5.91 Å². The molecule has 3 rings (SSSR count). The van der Waals surface area contributed by atoms with Crippen LogP contribution in [0.4, 0.5) is 0 Å². The normalized spacial score (nSPS) is 22.8. The average Bonchev–Trinajstić information content (AvgIpc) is 3.22. The highest BCUT2D eigenvalue weighted by atomic mass is 16.4. The number of amides is 2. The van der Waals surface area contributed by atoms with Gasteiger partial charge >= 0.3 is 5.97 Å².